The van der Waals surface area contributed by atoms with E-state index in [1.54, 1.807) is 13.8 Å². The molecule has 0 fully saturated rings. The first-order valence-electron chi connectivity index (χ1n) is 10.3. The first-order chi connectivity index (χ1) is 16.8. The summed E-state index contributed by atoms with van der Waals surface area (Å²) in [5, 5.41) is 21.8. The zero-order valence-electron chi connectivity index (χ0n) is 18.8. The van der Waals surface area contributed by atoms with Gasteiger partial charge in [0.05, 0.1) is 32.3 Å². The molecule has 5 rings (SSSR count). The number of anilines is 2. The van der Waals surface area contributed by atoms with E-state index in [1.807, 2.05) is 0 Å². The number of benzene rings is 3. The van der Waals surface area contributed by atoms with Crippen LogP contribution in [0.2, 0.25) is 0 Å². The summed E-state index contributed by atoms with van der Waals surface area (Å²) < 4.78 is 47.0. The van der Waals surface area contributed by atoms with Crippen molar-refractivity contribution >= 4 is 43.2 Å². The van der Waals surface area contributed by atoms with Crippen LogP contribution in [-0.4, -0.2) is 28.6 Å². The van der Waals surface area contributed by atoms with Crippen molar-refractivity contribution in [1.29, 1.82) is 0 Å². The monoisotopic (exact) mass is 526 g/mol. The standard InChI is InChI=1S/C22H18N6O6S2/c1-11-17-20(26-27(21(17)29)13-5-3-7-15(9-13)35(23,31)32)12(2)18-19(11)25-28(22(18)30)14-6-4-8-16(10-14)36(24,33)34/h3-10H,1-2H3,(H2,23,31,32)(H2,24,33,34). The van der Waals surface area contributed by atoms with Gasteiger partial charge in [0.2, 0.25) is 20.0 Å². The fourth-order valence-corrected chi connectivity index (χ4v) is 5.28. The molecule has 3 aromatic rings. The van der Waals surface area contributed by atoms with Gasteiger partial charge >= 0.3 is 0 Å². The molecule has 3 aromatic carbocycles. The van der Waals surface area contributed by atoms with Crippen LogP contribution in [0.5, 0.6) is 0 Å². The molecule has 2 aliphatic heterocycles. The van der Waals surface area contributed by atoms with Gasteiger partial charge in [-0.15, -0.1) is 0 Å². The lowest BCUT2D eigenvalue weighted by Gasteiger charge is -2.13. The molecule has 2 amide bonds. The van der Waals surface area contributed by atoms with E-state index in [1.165, 1.54) is 48.5 Å². The molecule has 4 N–H and O–H groups in total. The molecule has 2 aliphatic rings. The van der Waals surface area contributed by atoms with Crippen molar-refractivity contribution in [3.8, 4) is 0 Å². The summed E-state index contributed by atoms with van der Waals surface area (Å²) in [7, 11) is -8.01. The lowest BCUT2D eigenvalue weighted by Crippen LogP contribution is -2.29. The summed E-state index contributed by atoms with van der Waals surface area (Å²) in [5.41, 5.74) is 1.58. The summed E-state index contributed by atoms with van der Waals surface area (Å²) in [6.07, 6.45) is 0. The van der Waals surface area contributed by atoms with Gasteiger partial charge in [-0.05, 0) is 61.4 Å². The second-order valence-electron chi connectivity index (χ2n) is 8.22. The van der Waals surface area contributed by atoms with Gasteiger partial charge in [-0.25, -0.2) is 27.1 Å². The quantitative estimate of drug-likeness (QED) is 0.481. The van der Waals surface area contributed by atoms with E-state index in [0.29, 0.717) is 11.1 Å². The fourth-order valence-electron chi connectivity index (χ4n) is 4.18. The molecule has 0 atom stereocenters. The van der Waals surface area contributed by atoms with E-state index in [9.17, 15) is 26.4 Å². The number of hydrogen-bond donors (Lipinski definition) is 2. The Balaban J connectivity index is 1.64. The highest BCUT2D eigenvalue weighted by atomic mass is 32.2. The van der Waals surface area contributed by atoms with Crippen molar-refractivity contribution in [3.63, 3.8) is 0 Å². The minimum Gasteiger partial charge on any atom is -0.267 e. The molecule has 0 aromatic heterocycles. The molecule has 0 saturated carbocycles. The summed E-state index contributed by atoms with van der Waals surface area (Å²) in [6, 6.07) is 11.0. The van der Waals surface area contributed by atoms with Gasteiger partial charge in [0.25, 0.3) is 11.8 Å². The maximum Gasteiger partial charge on any atom is 0.281 e. The SMILES string of the molecule is Cc1c2c(c(C)c3c1=NN(c1cccc(S(N)(=O)=O)c1)C3=O)=NN(c1cccc(S(N)(=O)=O)c1)C2=O. The van der Waals surface area contributed by atoms with Crippen LogP contribution in [-0.2, 0) is 20.0 Å². The second kappa shape index (κ2) is 7.76. The molecule has 0 unspecified atom stereocenters. The number of nitrogens with zero attached hydrogens (tertiary/aromatic N) is 4. The highest BCUT2D eigenvalue weighted by molar-refractivity contribution is 7.89. The maximum absolute atomic E-state index is 13.3. The van der Waals surface area contributed by atoms with Gasteiger partial charge in [-0.2, -0.15) is 20.2 Å². The summed E-state index contributed by atoms with van der Waals surface area (Å²) >= 11 is 0. The van der Waals surface area contributed by atoms with Crippen molar-refractivity contribution in [2.45, 2.75) is 23.6 Å². The van der Waals surface area contributed by atoms with Gasteiger partial charge in [-0.1, -0.05) is 12.1 Å². The third-order valence-electron chi connectivity index (χ3n) is 5.93. The molecule has 0 bridgehead atoms. The third kappa shape index (κ3) is 3.58. The van der Waals surface area contributed by atoms with Gasteiger partial charge in [0.15, 0.2) is 0 Å². The minimum absolute atomic E-state index is 0.183. The average molecular weight is 527 g/mol. The highest BCUT2D eigenvalue weighted by Crippen LogP contribution is 2.27. The second-order valence-corrected chi connectivity index (χ2v) is 11.3. The average Bonchev–Trinajstić information content (AvgIpc) is 3.35. The summed E-state index contributed by atoms with van der Waals surface area (Å²) in [5.74, 6) is -1.06. The van der Waals surface area contributed by atoms with Gasteiger partial charge in [0.1, 0.15) is 10.7 Å². The first kappa shape index (κ1) is 23.7. The normalized spacial score (nSPS) is 15.0. The predicted molar refractivity (Wildman–Crippen MR) is 127 cm³/mol. The van der Waals surface area contributed by atoms with Crippen molar-refractivity contribution in [1.82, 2.24) is 0 Å². The van der Waals surface area contributed by atoms with E-state index in [0.717, 1.165) is 10.0 Å². The van der Waals surface area contributed by atoms with E-state index in [-0.39, 0.29) is 43.0 Å². The first-order valence-corrected chi connectivity index (χ1v) is 13.4. The van der Waals surface area contributed by atoms with E-state index in [2.05, 4.69) is 10.2 Å². The largest absolute Gasteiger partial charge is 0.281 e. The number of fused-ring (bicyclic) bond motifs is 2. The van der Waals surface area contributed by atoms with Crippen LogP contribution in [0.1, 0.15) is 31.8 Å². The number of sulfonamides is 2. The number of rotatable bonds is 4. The van der Waals surface area contributed by atoms with Crippen LogP contribution >= 0.6 is 0 Å². The van der Waals surface area contributed by atoms with Crippen LogP contribution in [0, 0.1) is 13.8 Å². The maximum atomic E-state index is 13.3. The Morgan fingerprint density at radius 2 is 1.03 bits per heavy atom. The fraction of sp³-hybridized carbons (Fsp3) is 0.0909. The molecule has 0 aliphatic carbocycles. The number of primary sulfonamides is 2. The molecule has 2 heterocycles. The molecule has 0 saturated heterocycles. The number of amides is 2. The Kier molecular flexibility index (Phi) is 5.12. The van der Waals surface area contributed by atoms with Gasteiger partial charge in [0, 0.05) is 0 Å². The van der Waals surface area contributed by atoms with Crippen LogP contribution in [0.25, 0.3) is 0 Å². The van der Waals surface area contributed by atoms with E-state index in [4.69, 9.17) is 10.3 Å². The zero-order chi connectivity index (χ0) is 26.2. The Morgan fingerprint density at radius 1 is 0.667 bits per heavy atom. The van der Waals surface area contributed by atoms with Crippen molar-refractivity contribution < 1.29 is 26.4 Å². The molecular formula is C22H18N6O6S2. The summed E-state index contributed by atoms with van der Waals surface area (Å²) in [6.45, 7) is 3.24. The molecule has 184 valence electrons. The van der Waals surface area contributed by atoms with Crippen molar-refractivity contribution in [2.24, 2.45) is 20.5 Å². The lowest BCUT2D eigenvalue weighted by atomic mass is 9.97. The Bertz CT molecular complexity index is 1730. The van der Waals surface area contributed by atoms with Crippen LogP contribution in [0.3, 0.4) is 0 Å². The van der Waals surface area contributed by atoms with Gasteiger partial charge < -0.3 is 0 Å². The van der Waals surface area contributed by atoms with Crippen molar-refractivity contribution in [3.05, 3.63) is 81.5 Å². The highest BCUT2D eigenvalue weighted by Gasteiger charge is 2.36. The van der Waals surface area contributed by atoms with Gasteiger partial charge in [-0.3, -0.25) is 9.59 Å². The molecule has 0 radical (unpaired) electrons. The summed E-state index contributed by atoms with van der Waals surface area (Å²) in [4.78, 5) is 26.3. The Hall–Kier alpha value is -3.98. The molecule has 12 nitrogen and oxygen atoms in total. The smallest absolute Gasteiger partial charge is 0.267 e. The van der Waals surface area contributed by atoms with Crippen LogP contribution in [0.4, 0.5) is 11.4 Å². The number of carbonyl (C=O) groups excluding carboxylic acids is 2. The third-order valence-corrected chi connectivity index (χ3v) is 7.75. The minimum atomic E-state index is -4.01. The van der Waals surface area contributed by atoms with E-state index >= 15 is 0 Å². The van der Waals surface area contributed by atoms with Crippen LogP contribution in [0.15, 0.2) is 68.5 Å². The molecule has 36 heavy (non-hydrogen) atoms. The Morgan fingerprint density at radius 3 is 1.36 bits per heavy atom. The molecule has 14 heteroatoms. The topological polar surface area (TPSA) is 186 Å². The zero-order valence-corrected chi connectivity index (χ0v) is 20.5. The van der Waals surface area contributed by atoms with E-state index < -0.39 is 31.9 Å². The van der Waals surface area contributed by atoms with Crippen molar-refractivity contribution in [2.75, 3.05) is 10.0 Å². The Labute approximate surface area is 205 Å². The number of carbonyl (C=O) groups is 2. The molecular weight excluding hydrogens is 508 g/mol. The number of nitrogens with two attached hydrogens (primary N) is 2. The molecule has 0 spiro atoms. The number of hydrogen-bond acceptors (Lipinski definition) is 8. The predicted octanol–water partition coefficient (Wildman–Crippen LogP) is -0.0118. The van der Waals surface area contributed by atoms with Crippen LogP contribution < -0.4 is 31.0 Å². The lowest BCUT2D eigenvalue weighted by molar-refractivity contribution is 0.0984.